The Bertz CT molecular complexity index is 1870. The molecule has 0 saturated heterocycles. The van der Waals surface area contributed by atoms with Gasteiger partial charge in [0, 0.05) is 24.1 Å². The minimum Gasteiger partial charge on any atom is -0.374 e. The van der Waals surface area contributed by atoms with Crippen molar-refractivity contribution < 1.29 is 32.3 Å². The first kappa shape index (κ1) is 39.2. The smallest absolute Gasteiger partial charge is 0.374 e. The number of hydrogen-bond acceptors (Lipinski definition) is 4. The summed E-state index contributed by atoms with van der Waals surface area (Å²) in [6.45, 7) is 2.12. The molecule has 286 valence electrons. The van der Waals surface area contributed by atoms with Crippen molar-refractivity contribution in [2.24, 2.45) is 5.92 Å². The van der Waals surface area contributed by atoms with Crippen molar-refractivity contribution in [2.45, 2.75) is 94.7 Å². The third-order valence-corrected chi connectivity index (χ3v) is 11.1. The lowest BCUT2D eigenvalue weighted by Gasteiger charge is -2.31. The number of nitrogens with one attached hydrogen (secondary N) is 3. The highest BCUT2D eigenvalue weighted by Gasteiger charge is 2.49. The molecule has 1 fully saturated rings. The summed E-state index contributed by atoms with van der Waals surface area (Å²) < 4.78 is 53.9. The van der Waals surface area contributed by atoms with E-state index in [-0.39, 0.29) is 17.9 Å². The number of fused-ring (bicyclic) bond motifs is 3. The summed E-state index contributed by atoms with van der Waals surface area (Å²) in [5, 5.41) is 19.8. The lowest BCUT2D eigenvalue weighted by molar-refractivity contribution is -0.141. The molecule has 2 amide bonds. The van der Waals surface area contributed by atoms with Crippen LogP contribution in [0.2, 0.25) is 0 Å². The lowest BCUT2D eigenvalue weighted by atomic mass is 9.73. The number of aliphatic hydroxyl groups excluding tert-OH is 1. The maximum absolute atomic E-state index is 14.4. The second kappa shape index (κ2) is 16.4. The predicted octanol–water partition coefficient (Wildman–Crippen LogP) is 9.02. The topological polar surface area (TPSA) is 90.5 Å². The third kappa shape index (κ3) is 8.71. The molecule has 6 rings (SSSR count). The number of carbonyl (C=O) groups excluding carboxylic acids is 2. The summed E-state index contributed by atoms with van der Waals surface area (Å²) >= 11 is 0. The van der Waals surface area contributed by atoms with E-state index in [9.17, 15) is 32.3 Å². The van der Waals surface area contributed by atoms with Gasteiger partial charge in [-0.1, -0.05) is 110 Å². The van der Waals surface area contributed by atoms with Crippen LogP contribution in [0.4, 0.5) is 17.6 Å². The number of alkyl halides is 4. The molecule has 1 unspecified atom stereocenters. The molecule has 1 saturated carbocycles. The molecule has 1 atom stereocenters. The van der Waals surface area contributed by atoms with Gasteiger partial charge in [-0.3, -0.25) is 14.9 Å². The molecule has 6 nitrogen and oxygen atoms in total. The zero-order valence-corrected chi connectivity index (χ0v) is 30.8. The van der Waals surface area contributed by atoms with Crippen molar-refractivity contribution in [1.82, 2.24) is 16.0 Å². The van der Waals surface area contributed by atoms with E-state index in [2.05, 4.69) is 16.0 Å². The zero-order chi connectivity index (χ0) is 38.5. The van der Waals surface area contributed by atoms with Gasteiger partial charge in [-0.25, -0.2) is 4.39 Å². The number of unbranched alkanes of at least 4 members (excludes halogenated alkanes) is 2. The average Bonchev–Trinajstić information content (AvgIpc) is 3.45. The van der Waals surface area contributed by atoms with E-state index < -0.39 is 35.9 Å². The summed E-state index contributed by atoms with van der Waals surface area (Å²) in [5.74, 6) is -0.778. The van der Waals surface area contributed by atoms with E-state index in [0.717, 1.165) is 51.8 Å². The van der Waals surface area contributed by atoms with E-state index in [1.54, 1.807) is 12.1 Å². The number of carbonyl (C=O) groups is 2. The Hall–Kier alpha value is -4.54. The van der Waals surface area contributed by atoms with Crippen LogP contribution in [-0.2, 0) is 20.7 Å². The number of amides is 2. The number of benzene rings is 4. The Kier molecular flexibility index (Phi) is 11.9. The summed E-state index contributed by atoms with van der Waals surface area (Å²) in [5.41, 5.74) is 3.56. The summed E-state index contributed by atoms with van der Waals surface area (Å²) in [6, 6.07) is 29.8. The molecule has 10 heteroatoms. The summed E-state index contributed by atoms with van der Waals surface area (Å²) in [7, 11) is 0. The van der Waals surface area contributed by atoms with Gasteiger partial charge in [-0.05, 0) is 91.3 Å². The van der Waals surface area contributed by atoms with Gasteiger partial charge in [0.05, 0.1) is 0 Å². The van der Waals surface area contributed by atoms with Crippen molar-refractivity contribution in [3.05, 3.63) is 119 Å². The normalized spacial score (nSPS) is 18.4. The van der Waals surface area contributed by atoms with Gasteiger partial charge < -0.3 is 15.7 Å². The fraction of sp³-hybridized carbons (Fsp3) is 0.409. The maximum atomic E-state index is 14.4. The second-order valence-corrected chi connectivity index (χ2v) is 15.2. The molecular weight excluding hydrogens is 694 g/mol. The standard InChI is InChI=1S/C44H49F4N3O3/c1-42(2,45)31-22-18-29(19-23-31)33-12-4-5-15-36(33)40(53)51-32-24-20-30(21-25-32)39(52)49-27-11-3-10-26-43(41(54)50-28-44(46,47)48)37-16-8-6-13-34(37)35-14-7-9-17-38(35)43/h4-9,12-19,22-23,30,32,40,51,53H,3,10-11,20-21,24-28H2,1-2H3,(H,49,52)(H,50,54). The lowest BCUT2D eigenvalue weighted by Crippen LogP contribution is -2.47. The molecule has 54 heavy (non-hydrogen) atoms. The van der Waals surface area contributed by atoms with E-state index in [4.69, 9.17) is 0 Å². The molecule has 0 radical (unpaired) electrons. The van der Waals surface area contributed by atoms with E-state index in [0.29, 0.717) is 50.6 Å². The second-order valence-electron chi connectivity index (χ2n) is 15.2. The Labute approximate surface area is 314 Å². The van der Waals surface area contributed by atoms with Crippen molar-refractivity contribution >= 4 is 11.8 Å². The van der Waals surface area contributed by atoms with Crippen molar-refractivity contribution in [2.75, 3.05) is 13.1 Å². The highest BCUT2D eigenvalue weighted by atomic mass is 19.4. The van der Waals surface area contributed by atoms with Crippen LogP contribution in [0.1, 0.15) is 93.7 Å². The predicted molar refractivity (Wildman–Crippen MR) is 203 cm³/mol. The molecule has 4 aromatic carbocycles. The monoisotopic (exact) mass is 743 g/mol. The average molecular weight is 744 g/mol. The summed E-state index contributed by atoms with van der Waals surface area (Å²) in [6.07, 6.45) is -0.302. The molecule has 0 spiro atoms. The van der Waals surface area contributed by atoms with Crippen LogP contribution < -0.4 is 16.0 Å². The van der Waals surface area contributed by atoms with Gasteiger partial charge in [0.2, 0.25) is 11.8 Å². The van der Waals surface area contributed by atoms with Gasteiger partial charge in [0.1, 0.15) is 23.9 Å². The number of aliphatic hydroxyl groups is 1. The molecule has 4 N–H and O–H groups in total. The van der Waals surface area contributed by atoms with Crippen LogP contribution in [-0.4, -0.2) is 42.2 Å². The first-order chi connectivity index (χ1) is 25.8. The van der Waals surface area contributed by atoms with E-state index in [1.807, 2.05) is 84.9 Å². The van der Waals surface area contributed by atoms with Crippen LogP contribution in [0.25, 0.3) is 22.3 Å². The fourth-order valence-electron chi connectivity index (χ4n) is 8.21. The van der Waals surface area contributed by atoms with Gasteiger partial charge in [-0.2, -0.15) is 13.2 Å². The first-order valence-electron chi connectivity index (χ1n) is 18.9. The number of halogens is 4. The highest BCUT2D eigenvalue weighted by molar-refractivity contribution is 6.00. The SMILES string of the molecule is CC(C)(F)c1ccc(-c2ccccc2C(O)NC2CCC(C(=O)NCCCCCC3(C(=O)NCC(F)(F)F)c4ccccc4-c4ccccc43)CC2)cc1. The summed E-state index contributed by atoms with van der Waals surface area (Å²) in [4.78, 5) is 26.8. The molecule has 0 heterocycles. The minimum absolute atomic E-state index is 0.000828. The molecular formula is C44H49F4N3O3. The Morgan fingerprint density at radius 2 is 1.31 bits per heavy atom. The molecule has 0 aromatic heterocycles. The minimum atomic E-state index is -4.53. The Balaban J connectivity index is 0.978. The molecule has 0 bridgehead atoms. The van der Waals surface area contributed by atoms with E-state index in [1.165, 1.54) is 13.8 Å². The van der Waals surface area contributed by atoms with Crippen LogP contribution >= 0.6 is 0 Å². The third-order valence-electron chi connectivity index (χ3n) is 11.1. The Morgan fingerprint density at radius 1 is 0.741 bits per heavy atom. The van der Waals surface area contributed by atoms with Crippen molar-refractivity contribution in [3.63, 3.8) is 0 Å². The molecule has 2 aliphatic carbocycles. The van der Waals surface area contributed by atoms with Gasteiger partial charge >= 0.3 is 6.18 Å². The van der Waals surface area contributed by atoms with Gasteiger partial charge in [0.25, 0.3) is 0 Å². The Morgan fingerprint density at radius 3 is 1.91 bits per heavy atom. The van der Waals surface area contributed by atoms with Crippen LogP contribution in [0.15, 0.2) is 97.1 Å². The maximum Gasteiger partial charge on any atom is 0.405 e. The van der Waals surface area contributed by atoms with Crippen LogP contribution in [0, 0.1) is 5.92 Å². The number of hydrogen-bond donors (Lipinski definition) is 4. The van der Waals surface area contributed by atoms with Crippen molar-refractivity contribution in [3.8, 4) is 22.3 Å². The largest absolute Gasteiger partial charge is 0.405 e. The van der Waals surface area contributed by atoms with E-state index >= 15 is 0 Å². The van der Waals surface area contributed by atoms with Crippen LogP contribution in [0.3, 0.4) is 0 Å². The zero-order valence-electron chi connectivity index (χ0n) is 30.8. The molecule has 0 aliphatic heterocycles. The molecule has 2 aliphatic rings. The van der Waals surface area contributed by atoms with Gasteiger partial charge in [-0.15, -0.1) is 0 Å². The quantitative estimate of drug-likeness (QED) is 0.0590. The van der Waals surface area contributed by atoms with Crippen LogP contribution in [0.5, 0.6) is 0 Å². The highest BCUT2D eigenvalue weighted by Crippen LogP contribution is 2.51. The van der Waals surface area contributed by atoms with Crippen molar-refractivity contribution in [1.29, 1.82) is 0 Å². The molecule has 4 aromatic rings. The fourth-order valence-corrected chi connectivity index (χ4v) is 8.21. The first-order valence-corrected chi connectivity index (χ1v) is 18.9. The van der Waals surface area contributed by atoms with Gasteiger partial charge in [0.15, 0.2) is 0 Å². The number of rotatable bonds is 14.